The number of carbonyl (C=O) groups excluding carboxylic acids is 1. The molecule has 0 aromatic carbocycles. The number of likely N-dealkylation sites (N-methyl/N-ethyl adjacent to an activating group) is 1. The first kappa shape index (κ1) is 16.3. The molecule has 1 atom stereocenters. The molecule has 2 fully saturated rings. The second kappa shape index (κ2) is 5.98. The van der Waals surface area contributed by atoms with Gasteiger partial charge in [0.25, 0.3) is 0 Å². The van der Waals surface area contributed by atoms with E-state index < -0.39 is 11.5 Å². The van der Waals surface area contributed by atoms with Crippen molar-refractivity contribution in [3.05, 3.63) is 24.0 Å². The zero-order chi connectivity index (χ0) is 17.6. The summed E-state index contributed by atoms with van der Waals surface area (Å²) in [6.07, 6.45) is 5.31. The number of nitrogens with zero attached hydrogens (tertiary/aromatic N) is 3. The number of carbonyl (C=O) groups is 2. The molecular formula is C18H24N4O3. The van der Waals surface area contributed by atoms with Crippen LogP contribution >= 0.6 is 0 Å². The zero-order valence-corrected chi connectivity index (χ0v) is 14.4. The third-order valence-corrected chi connectivity index (χ3v) is 6.31. The number of amides is 2. The molecule has 0 bridgehead atoms. The number of anilines is 1. The highest BCUT2D eigenvalue weighted by atomic mass is 16.4. The Bertz CT molecular complexity index is 699. The molecule has 2 aliphatic heterocycles. The molecule has 3 heterocycles. The largest absolute Gasteiger partial charge is 0.465 e. The van der Waals surface area contributed by atoms with Crippen molar-refractivity contribution in [2.45, 2.75) is 49.6 Å². The second-order valence-electron chi connectivity index (χ2n) is 7.50. The van der Waals surface area contributed by atoms with Crippen molar-refractivity contribution in [3.8, 4) is 0 Å². The number of rotatable bonds is 2. The minimum Gasteiger partial charge on any atom is -0.465 e. The Morgan fingerprint density at radius 1 is 1.40 bits per heavy atom. The number of fused-ring (bicyclic) bond motifs is 2. The minimum absolute atomic E-state index is 0.0746. The maximum atomic E-state index is 12.6. The number of carboxylic acid groups (broad SMARTS) is 1. The SMILES string of the molecule is CN(C(=O)O)[C@@H]1CCN(C2CCC3(CC2)C(=O)Nc2cccnc23)C1. The molecule has 2 N–H and O–H groups in total. The van der Waals surface area contributed by atoms with Gasteiger partial charge in [-0.3, -0.25) is 14.7 Å². The Morgan fingerprint density at radius 3 is 2.88 bits per heavy atom. The Balaban J connectivity index is 1.43. The van der Waals surface area contributed by atoms with E-state index in [1.54, 1.807) is 13.2 Å². The first-order valence-electron chi connectivity index (χ1n) is 8.98. The number of pyridine rings is 1. The van der Waals surface area contributed by atoms with E-state index in [-0.39, 0.29) is 11.9 Å². The lowest BCUT2D eigenvalue weighted by atomic mass is 9.70. The molecule has 1 aromatic rings. The van der Waals surface area contributed by atoms with Gasteiger partial charge in [-0.2, -0.15) is 0 Å². The van der Waals surface area contributed by atoms with Crippen LogP contribution in [0.15, 0.2) is 18.3 Å². The summed E-state index contributed by atoms with van der Waals surface area (Å²) >= 11 is 0. The fourth-order valence-corrected chi connectivity index (χ4v) is 4.73. The van der Waals surface area contributed by atoms with Crippen LogP contribution in [0.2, 0.25) is 0 Å². The van der Waals surface area contributed by atoms with Crippen LogP contribution in [0.1, 0.15) is 37.8 Å². The van der Waals surface area contributed by atoms with Gasteiger partial charge >= 0.3 is 6.09 Å². The molecule has 0 unspecified atom stereocenters. The molecule has 1 aliphatic carbocycles. The van der Waals surface area contributed by atoms with Gasteiger partial charge in [-0.15, -0.1) is 0 Å². The summed E-state index contributed by atoms with van der Waals surface area (Å²) < 4.78 is 0. The van der Waals surface area contributed by atoms with Crippen LogP contribution in [0.4, 0.5) is 10.5 Å². The lowest BCUT2D eigenvalue weighted by molar-refractivity contribution is -0.122. The maximum absolute atomic E-state index is 12.6. The van der Waals surface area contributed by atoms with Gasteiger partial charge in [0, 0.05) is 38.4 Å². The predicted molar refractivity (Wildman–Crippen MR) is 92.6 cm³/mol. The predicted octanol–water partition coefficient (Wildman–Crippen LogP) is 1.90. The average molecular weight is 344 g/mol. The molecular weight excluding hydrogens is 320 g/mol. The zero-order valence-electron chi connectivity index (χ0n) is 14.4. The van der Waals surface area contributed by atoms with Gasteiger partial charge in [0.2, 0.25) is 5.91 Å². The first-order valence-corrected chi connectivity index (χ1v) is 8.98. The van der Waals surface area contributed by atoms with Crippen LogP contribution in [0.5, 0.6) is 0 Å². The van der Waals surface area contributed by atoms with Crippen LogP contribution in [-0.2, 0) is 10.2 Å². The van der Waals surface area contributed by atoms with E-state index in [1.807, 2.05) is 12.1 Å². The summed E-state index contributed by atoms with van der Waals surface area (Å²) in [6.45, 7) is 1.72. The van der Waals surface area contributed by atoms with E-state index >= 15 is 0 Å². The van der Waals surface area contributed by atoms with Crippen molar-refractivity contribution >= 4 is 17.7 Å². The normalized spacial score (nSPS) is 31.8. The van der Waals surface area contributed by atoms with E-state index in [0.29, 0.717) is 6.04 Å². The second-order valence-corrected chi connectivity index (χ2v) is 7.50. The Kier molecular flexibility index (Phi) is 3.91. The fraction of sp³-hybridized carbons (Fsp3) is 0.611. The van der Waals surface area contributed by atoms with Gasteiger partial charge in [0.05, 0.1) is 16.8 Å². The van der Waals surface area contributed by atoms with Crippen molar-refractivity contribution in [2.75, 3.05) is 25.5 Å². The fourth-order valence-electron chi connectivity index (χ4n) is 4.73. The van der Waals surface area contributed by atoms with Gasteiger partial charge in [-0.1, -0.05) is 0 Å². The lowest BCUT2D eigenvalue weighted by Crippen LogP contribution is -2.46. The van der Waals surface area contributed by atoms with Crippen LogP contribution in [-0.4, -0.2) is 64.1 Å². The highest BCUT2D eigenvalue weighted by Crippen LogP contribution is 2.47. The molecule has 7 nitrogen and oxygen atoms in total. The average Bonchev–Trinajstić information content (AvgIpc) is 3.20. The Labute approximate surface area is 147 Å². The van der Waals surface area contributed by atoms with Crippen molar-refractivity contribution in [2.24, 2.45) is 0 Å². The molecule has 1 saturated carbocycles. The van der Waals surface area contributed by atoms with Crippen molar-refractivity contribution in [1.29, 1.82) is 0 Å². The van der Waals surface area contributed by atoms with E-state index in [1.165, 1.54) is 4.90 Å². The third kappa shape index (κ3) is 2.57. The molecule has 7 heteroatoms. The molecule has 25 heavy (non-hydrogen) atoms. The number of nitrogens with one attached hydrogen (secondary N) is 1. The quantitative estimate of drug-likeness (QED) is 0.856. The summed E-state index contributed by atoms with van der Waals surface area (Å²) in [6, 6.07) is 4.28. The number of likely N-dealkylation sites (tertiary alicyclic amines) is 1. The van der Waals surface area contributed by atoms with E-state index in [4.69, 9.17) is 5.11 Å². The molecule has 1 spiro atoms. The van der Waals surface area contributed by atoms with Crippen LogP contribution in [0, 0.1) is 0 Å². The van der Waals surface area contributed by atoms with Crippen LogP contribution in [0.25, 0.3) is 0 Å². The summed E-state index contributed by atoms with van der Waals surface area (Å²) in [5.41, 5.74) is 1.29. The lowest BCUT2D eigenvalue weighted by Gasteiger charge is -2.39. The van der Waals surface area contributed by atoms with Crippen LogP contribution in [0.3, 0.4) is 0 Å². The van der Waals surface area contributed by atoms with E-state index in [0.717, 1.165) is 56.6 Å². The van der Waals surface area contributed by atoms with E-state index in [2.05, 4.69) is 15.2 Å². The van der Waals surface area contributed by atoms with Crippen molar-refractivity contribution in [1.82, 2.24) is 14.8 Å². The highest BCUT2D eigenvalue weighted by Gasteiger charge is 2.50. The molecule has 0 radical (unpaired) electrons. The van der Waals surface area contributed by atoms with Gasteiger partial charge in [0.15, 0.2) is 0 Å². The molecule has 2 amide bonds. The Hall–Kier alpha value is -2.15. The summed E-state index contributed by atoms with van der Waals surface area (Å²) in [4.78, 5) is 32.1. The molecule has 1 saturated heterocycles. The number of hydrogen-bond donors (Lipinski definition) is 2. The first-order chi connectivity index (χ1) is 12.0. The highest BCUT2D eigenvalue weighted by molar-refractivity contribution is 6.05. The van der Waals surface area contributed by atoms with Crippen LogP contribution < -0.4 is 5.32 Å². The van der Waals surface area contributed by atoms with Gasteiger partial charge in [-0.05, 0) is 44.2 Å². The third-order valence-electron chi connectivity index (χ3n) is 6.31. The molecule has 1 aromatic heterocycles. The summed E-state index contributed by atoms with van der Waals surface area (Å²) in [7, 11) is 1.65. The number of aromatic nitrogens is 1. The van der Waals surface area contributed by atoms with Gasteiger partial charge in [0.1, 0.15) is 0 Å². The monoisotopic (exact) mass is 344 g/mol. The Morgan fingerprint density at radius 2 is 2.16 bits per heavy atom. The van der Waals surface area contributed by atoms with Crippen molar-refractivity contribution in [3.63, 3.8) is 0 Å². The molecule has 4 rings (SSSR count). The summed E-state index contributed by atoms with van der Waals surface area (Å²) in [5.74, 6) is 0.0876. The number of hydrogen-bond acceptors (Lipinski definition) is 4. The topological polar surface area (TPSA) is 85.8 Å². The van der Waals surface area contributed by atoms with E-state index in [9.17, 15) is 9.59 Å². The molecule has 3 aliphatic rings. The standard InChI is InChI=1S/C18H24N4O3/c1-21(17(24)25)13-6-10-22(11-13)12-4-7-18(8-5-12)15-14(20-16(18)23)3-2-9-19-15/h2-3,9,12-13H,4-8,10-11H2,1H3,(H,20,23)(H,24,25)/t12?,13-,18?/m1/s1. The smallest absolute Gasteiger partial charge is 0.407 e. The minimum atomic E-state index is -0.861. The van der Waals surface area contributed by atoms with Crippen molar-refractivity contribution < 1.29 is 14.7 Å². The van der Waals surface area contributed by atoms with Gasteiger partial charge < -0.3 is 15.3 Å². The van der Waals surface area contributed by atoms with Gasteiger partial charge in [-0.25, -0.2) is 4.79 Å². The molecule has 134 valence electrons. The maximum Gasteiger partial charge on any atom is 0.407 e. The summed E-state index contributed by atoms with van der Waals surface area (Å²) in [5, 5.41) is 12.1.